The number of carbonyl (C=O) groups is 3. The SMILES string of the molecule is CC(=O)C1=C(O)[C@]2(O)C(=O)C3=C(O)c4c(O)c(C#CC5CCCC5)cc(C(C)C)c4C[C@]3(C)C[C@]2(C)C(C(C)C)C1=O. The van der Waals surface area contributed by atoms with Crippen LogP contribution in [-0.4, -0.2) is 43.4 Å². The van der Waals surface area contributed by atoms with Crippen LogP contribution in [-0.2, 0) is 20.8 Å². The predicted octanol–water partition coefficient (Wildman–Crippen LogP) is 5.86. The molecular formula is C35H42O7. The third-order valence-electron chi connectivity index (χ3n) is 10.4. The summed E-state index contributed by atoms with van der Waals surface area (Å²) in [6.45, 7) is 12.2. The summed E-state index contributed by atoms with van der Waals surface area (Å²) in [4.78, 5) is 40.8. The van der Waals surface area contributed by atoms with E-state index in [1.807, 2.05) is 26.8 Å². The molecule has 0 aliphatic heterocycles. The maximum Gasteiger partial charge on any atom is 0.203 e. The number of hydrogen-bond donors (Lipinski definition) is 4. The van der Waals surface area contributed by atoms with Crippen molar-refractivity contribution in [3.05, 3.63) is 45.2 Å². The Hall–Kier alpha value is -3.37. The second-order valence-electron chi connectivity index (χ2n) is 14.1. The fourth-order valence-electron chi connectivity index (χ4n) is 8.67. The molecule has 2 saturated carbocycles. The normalized spacial score (nSPS) is 31.2. The van der Waals surface area contributed by atoms with Gasteiger partial charge in [-0.15, -0.1) is 0 Å². The van der Waals surface area contributed by atoms with Gasteiger partial charge in [0.15, 0.2) is 17.2 Å². The van der Waals surface area contributed by atoms with Crippen molar-refractivity contribution in [2.24, 2.45) is 28.6 Å². The molecule has 0 amide bonds. The third kappa shape index (κ3) is 3.94. The fraction of sp³-hybridized carbons (Fsp3) is 0.571. The number of hydrogen-bond acceptors (Lipinski definition) is 7. The van der Waals surface area contributed by atoms with E-state index in [1.54, 1.807) is 20.8 Å². The van der Waals surface area contributed by atoms with E-state index in [-0.39, 0.29) is 47.5 Å². The highest BCUT2D eigenvalue weighted by atomic mass is 16.3. The molecule has 4 aliphatic rings. The van der Waals surface area contributed by atoms with Gasteiger partial charge in [0.25, 0.3) is 0 Å². The number of Topliss-reactive ketones (excluding diaryl/α,β-unsaturated/α-hetero) is 3. The van der Waals surface area contributed by atoms with Crippen molar-refractivity contribution in [1.29, 1.82) is 0 Å². The molecule has 1 unspecified atom stereocenters. The lowest BCUT2D eigenvalue weighted by atomic mass is 9.43. The van der Waals surface area contributed by atoms with Crippen LogP contribution in [0.25, 0.3) is 5.76 Å². The minimum atomic E-state index is -2.62. The third-order valence-corrected chi connectivity index (χ3v) is 10.4. The number of benzene rings is 1. The first-order valence-electron chi connectivity index (χ1n) is 15.1. The maximum atomic E-state index is 14.5. The molecule has 42 heavy (non-hydrogen) atoms. The van der Waals surface area contributed by atoms with Crippen molar-refractivity contribution < 1.29 is 34.8 Å². The van der Waals surface area contributed by atoms with Gasteiger partial charge in [0.1, 0.15) is 22.8 Å². The van der Waals surface area contributed by atoms with Gasteiger partial charge in [-0.05, 0) is 61.6 Å². The summed E-state index contributed by atoms with van der Waals surface area (Å²) in [6, 6.07) is 1.87. The number of allylic oxidation sites excluding steroid dienone is 1. The van der Waals surface area contributed by atoms with E-state index in [4.69, 9.17) is 0 Å². The second-order valence-corrected chi connectivity index (χ2v) is 14.1. The maximum absolute atomic E-state index is 14.5. The first kappa shape index (κ1) is 30.1. The van der Waals surface area contributed by atoms with Gasteiger partial charge in [0.05, 0.1) is 11.1 Å². The molecule has 2 fully saturated rings. The Kier molecular flexibility index (Phi) is 7.05. The molecule has 7 heteroatoms. The van der Waals surface area contributed by atoms with Crippen molar-refractivity contribution >= 4 is 23.1 Å². The van der Waals surface area contributed by atoms with E-state index in [2.05, 4.69) is 11.8 Å². The highest BCUT2D eigenvalue weighted by molar-refractivity contribution is 6.24. The summed E-state index contributed by atoms with van der Waals surface area (Å²) >= 11 is 0. The Morgan fingerprint density at radius 3 is 2.21 bits per heavy atom. The quantitative estimate of drug-likeness (QED) is 0.263. The zero-order valence-electron chi connectivity index (χ0n) is 25.6. The van der Waals surface area contributed by atoms with Crippen LogP contribution in [0, 0.1) is 40.4 Å². The molecule has 0 spiro atoms. The molecule has 4 atom stereocenters. The molecule has 1 aromatic rings. The number of phenols is 1. The molecule has 5 rings (SSSR count). The van der Waals surface area contributed by atoms with E-state index in [0.717, 1.165) is 38.2 Å². The smallest absolute Gasteiger partial charge is 0.203 e. The molecule has 1 aromatic carbocycles. The largest absolute Gasteiger partial charge is 0.508 e. The predicted molar refractivity (Wildman–Crippen MR) is 159 cm³/mol. The lowest BCUT2D eigenvalue weighted by molar-refractivity contribution is -0.178. The van der Waals surface area contributed by atoms with Crippen molar-refractivity contribution in [2.75, 3.05) is 0 Å². The lowest BCUT2D eigenvalue weighted by Crippen LogP contribution is -2.69. The van der Waals surface area contributed by atoms with Crippen LogP contribution >= 0.6 is 0 Å². The zero-order valence-corrected chi connectivity index (χ0v) is 25.6. The highest BCUT2D eigenvalue weighted by Crippen LogP contribution is 2.65. The van der Waals surface area contributed by atoms with E-state index in [9.17, 15) is 34.8 Å². The summed E-state index contributed by atoms with van der Waals surface area (Å²) < 4.78 is 0. The Balaban J connectivity index is 1.79. The number of aliphatic hydroxyl groups is 3. The van der Waals surface area contributed by atoms with E-state index < -0.39 is 56.8 Å². The molecular weight excluding hydrogens is 532 g/mol. The average molecular weight is 575 g/mol. The first-order valence-corrected chi connectivity index (χ1v) is 15.1. The summed E-state index contributed by atoms with van der Waals surface area (Å²) in [6.07, 6.45) is 4.60. The number of fused-ring (bicyclic) bond motifs is 3. The minimum Gasteiger partial charge on any atom is -0.508 e. The van der Waals surface area contributed by atoms with Gasteiger partial charge in [0, 0.05) is 28.2 Å². The van der Waals surface area contributed by atoms with Crippen LogP contribution in [0.1, 0.15) is 109 Å². The van der Waals surface area contributed by atoms with Gasteiger partial charge in [-0.2, -0.15) is 0 Å². The Morgan fingerprint density at radius 2 is 1.67 bits per heavy atom. The molecule has 0 radical (unpaired) electrons. The monoisotopic (exact) mass is 574 g/mol. The zero-order chi connectivity index (χ0) is 31.1. The van der Waals surface area contributed by atoms with Gasteiger partial charge in [0.2, 0.25) is 5.78 Å². The van der Waals surface area contributed by atoms with Gasteiger partial charge >= 0.3 is 0 Å². The highest BCUT2D eigenvalue weighted by Gasteiger charge is 2.72. The Labute approximate surface area is 247 Å². The Bertz CT molecular complexity index is 1540. The van der Waals surface area contributed by atoms with Crippen LogP contribution in [0.5, 0.6) is 5.75 Å². The number of carbonyl (C=O) groups excluding carboxylic acids is 3. The van der Waals surface area contributed by atoms with Crippen molar-refractivity contribution in [3.8, 4) is 17.6 Å². The molecule has 224 valence electrons. The van der Waals surface area contributed by atoms with Gasteiger partial charge in [-0.1, -0.05) is 66.2 Å². The first-order chi connectivity index (χ1) is 19.5. The number of aliphatic hydroxyl groups excluding tert-OH is 2. The topological polar surface area (TPSA) is 132 Å². The van der Waals surface area contributed by atoms with Crippen LogP contribution in [0.4, 0.5) is 0 Å². The molecule has 0 bridgehead atoms. The molecule has 4 aliphatic carbocycles. The van der Waals surface area contributed by atoms with Crippen molar-refractivity contribution in [3.63, 3.8) is 0 Å². The molecule has 0 saturated heterocycles. The number of ketones is 3. The standard InChI is InChI=1S/C35H42O7/c1-17(2)22-14-21(13-12-20-10-8-9-11-20)28(37)25-23(22)15-33(6)16-34(7)26(18(3)4)29(38)24(19(5)36)31(40)35(34,42)32(41)27(33)30(25)39/h14,17-18,20,26,37,39-40,42H,8-11,15-16H2,1-7H3/t26?,33-,34-,35+/m1/s1. The summed E-state index contributed by atoms with van der Waals surface area (Å²) in [7, 11) is 0. The minimum absolute atomic E-state index is 0.0147. The summed E-state index contributed by atoms with van der Waals surface area (Å²) in [5, 5.41) is 46.9. The van der Waals surface area contributed by atoms with Crippen molar-refractivity contribution in [1.82, 2.24) is 0 Å². The number of phenolic OH excluding ortho intramolecular Hbond substituents is 1. The lowest BCUT2D eigenvalue weighted by Gasteiger charge is -2.59. The van der Waals surface area contributed by atoms with Crippen molar-refractivity contribution in [2.45, 2.75) is 98.5 Å². The van der Waals surface area contributed by atoms with Gasteiger partial charge < -0.3 is 20.4 Å². The van der Waals surface area contributed by atoms with Crippen LogP contribution in [0.2, 0.25) is 0 Å². The van der Waals surface area contributed by atoms with Gasteiger partial charge in [-0.25, -0.2) is 0 Å². The molecule has 4 N–H and O–H groups in total. The van der Waals surface area contributed by atoms with Crippen LogP contribution < -0.4 is 0 Å². The summed E-state index contributed by atoms with van der Waals surface area (Å²) in [5.41, 5.74) is -3.73. The Morgan fingerprint density at radius 1 is 1.05 bits per heavy atom. The van der Waals surface area contributed by atoms with E-state index in [0.29, 0.717) is 11.1 Å². The van der Waals surface area contributed by atoms with Crippen LogP contribution in [0.15, 0.2) is 23.0 Å². The van der Waals surface area contributed by atoms with Gasteiger partial charge in [-0.3, -0.25) is 14.4 Å². The second kappa shape index (κ2) is 9.84. The molecule has 0 heterocycles. The molecule has 0 aromatic heterocycles. The fourth-order valence-corrected chi connectivity index (χ4v) is 8.67. The number of aromatic hydroxyl groups is 1. The average Bonchev–Trinajstić information content (AvgIpc) is 3.39. The molecule has 7 nitrogen and oxygen atoms in total. The number of rotatable bonds is 3. The van der Waals surface area contributed by atoms with E-state index in [1.165, 1.54) is 0 Å². The summed E-state index contributed by atoms with van der Waals surface area (Å²) in [5.74, 6) is 1.45. The van der Waals surface area contributed by atoms with Crippen LogP contribution in [0.3, 0.4) is 0 Å². The van der Waals surface area contributed by atoms with E-state index >= 15 is 0 Å².